The predicted molar refractivity (Wildman–Crippen MR) is 166 cm³/mol. The van der Waals surface area contributed by atoms with Crippen molar-refractivity contribution < 1.29 is 35.6 Å². The van der Waals surface area contributed by atoms with Gasteiger partial charge in [-0.3, -0.25) is 9.59 Å². The molecule has 43 heavy (non-hydrogen) atoms. The average molecular weight is 669 g/mol. The molecule has 0 bridgehead atoms. The number of hydrogen-bond acceptors (Lipinski definition) is 8. The number of anilines is 1. The lowest BCUT2D eigenvalue weighted by Gasteiger charge is -2.27. The first kappa shape index (κ1) is 32.8. The lowest BCUT2D eigenvalue weighted by molar-refractivity contribution is -0.155. The normalized spacial score (nSPS) is 16.4. The maximum absolute atomic E-state index is 15.5. The number of halogens is 2. The van der Waals surface area contributed by atoms with Gasteiger partial charge in [0.05, 0.1) is 14.9 Å². The van der Waals surface area contributed by atoms with Gasteiger partial charge in [-0.2, -0.15) is 4.31 Å². The molecule has 0 N–H and O–H groups in total. The van der Waals surface area contributed by atoms with Gasteiger partial charge in [0.1, 0.15) is 24.0 Å². The molecule has 0 radical (unpaired) electrons. The molecule has 1 aliphatic heterocycles. The third-order valence-corrected chi connectivity index (χ3v) is 10.3. The fraction of sp³-hybridized carbons (Fsp3) is 0.310. The van der Waals surface area contributed by atoms with Crippen LogP contribution in [0, 0.1) is 5.82 Å². The fourth-order valence-corrected chi connectivity index (χ4v) is 7.89. The smallest absolute Gasteiger partial charge is 0.321 e. The Labute approximate surface area is 259 Å². The number of carbonyl (C=O) groups excluding carboxylic acids is 2. The van der Waals surface area contributed by atoms with Crippen LogP contribution < -0.4 is 4.90 Å². The van der Waals surface area contributed by atoms with Gasteiger partial charge in [0.25, 0.3) is 0 Å². The van der Waals surface area contributed by atoms with Crippen LogP contribution in [0.3, 0.4) is 0 Å². The van der Waals surface area contributed by atoms with Crippen LogP contribution in [0.25, 0.3) is 17.2 Å². The summed E-state index contributed by atoms with van der Waals surface area (Å²) in [7, 11) is -7.94. The molecule has 0 aliphatic carbocycles. The fourth-order valence-electron chi connectivity index (χ4n) is 4.62. The Morgan fingerprint density at radius 1 is 1.14 bits per heavy atom. The maximum Gasteiger partial charge on any atom is 0.321 e. The summed E-state index contributed by atoms with van der Waals surface area (Å²) in [5.74, 6) is -2.37. The number of nitrogens with zero attached hydrogens (tertiary/aromatic N) is 2. The molecule has 230 valence electrons. The van der Waals surface area contributed by atoms with Crippen LogP contribution >= 0.6 is 22.9 Å². The zero-order valence-corrected chi connectivity index (χ0v) is 27.0. The third kappa shape index (κ3) is 7.90. The van der Waals surface area contributed by atoms with E-state index in [0.717, 1.165) is 38.3 Å². The highest BCUT2D eigenvalue weighted by molar-refractivity contribution is 7.92. The molecule has 4 rings (SSSR count). The Hall–Kier alpha value is -3.10. The Morgan fingerprint density at radius 2 is 1.84 bits per heavy atom. The van der Waals surface area contributed by atoms with E-state index >= 15 is 4.39 Å². The summed E-state index contributed by atoms with van der Waals surface area (Å²) >= 11 is 7.09. The minimum Gasteiger partial charge on any atom is -0.459 e. The number of hydrogen-bond donors (Lipinski definition) is 0. The quantitative estimate of drug-likeness (QED) is 0.282. The number of rotatable bonds is 9. The monoisotopic (exact) mass is 668 g/mol. The number of sulfonamides is 1. The first-order chi connectivity index (χ1) is 20.0. The van der Waals surface area contributed by atoms with Gasteiger partial charge >= 0.3 is 5.97 Å². The van der Waals surface area contributed by atoms with Crippen molar-refractivity contribution in [1.29, 1.82) is 0 Å². The van der Waals surface area contributed by atoms with Gasteiger partial charge in [-0.15, -0.1) is 11.3 Å². The van der Waals surface area contributed by atoms with Gasteiger partial charge in [0, 0.05) is 28.6 Å². The number of amides is 1. The van der Waals surface area contributed by atoms with Crippen LogP contribution in [-0.2, 0) is 34.2 Å². The van der Waals surface area contributed by atoms with Crippen molar-refractivity contribution in [2.75, 3.05) is 24.2 Å². The van der Waals surface area contributed by atoms with Crippen LogP contribution in [0.4, 0.5) is 10.1 Å². The molecule has 0 saturated carbocycles. The molecule has 9 nitrogen and oxygen atoms in total. The zero-order valence-electron chi connectivity index (χ0n) is 23.8. The third-order valence-electron chi connectivity index (χ3n) is 6.39. The molecule has 2 aromatic carbocycles. The maximum atomic E-state index is 15.5. The van der Waals surface area contributed by atoms with Gasteiger partial charge in [-0.25, -0.2) is 21.2 Å². The van der Waals surface area contributed by atoms with Crippen LogP contribution in [0.1, 0.15) is 32.1 Å². The molecule has 1 saturated heterocycles. The predicted octanol–water partition coefficient (Wildman–Crippen LogP) is 5.36. The molecule has 1 fully saturated rings. The number of sulfone groups is 1. The summed E-state index contributed by atoms with van der Waals surface area (Å²) in [5.41, 5.74) is -0.415. The Morgan fingerprint density at radius 3 is 2.44 bits per heavy atom. The van der Waals surface area contributed by atoms with Crippen LogP contribution in [0.5, 0.6) is 0 Å². The molecule has 1 aromatic heterocycles. The van der Waals surface area contributed by atoms with Gasteiger partial charge in [-0.1, -0.05) is 35.9 Å². The summed E-state index contributed by atoms with van der Waals surface area (Å²) in [4.78, 5) is 28.0. The van der Waals surface area contributed by atoms with Crippen molar-refractivity contribution in [2.24, 2.45) is 0 Å². The number of thiophene rings is 1. The van der Waals surface area contributed by atoms with E-state index in [4.69, 9.17) is 16.3 Å². The summed E-state index contributed by atoms with van der Waals surface area (Å²) in [6.45, 7) is 4.14. The van der Waals surface area contributed by atoms with Crippen molar-refractivity contribution in [3.63, 3.8) is 0 Å². The Bertz CT molecular complexity index is 1800. The van der Waals surface area contributed by atoms with E-state index in [1.165, 1.54) is 24.3 Å². The van der Waals surface area contributed by atoms with E-state index in [1.54, 1.807) is 51.1 Å². The summed E-state index contributed by atoms with van der Waals surface area (Å²) in [5, 5.41) is 0.893. The average Bonchev–Trinajstić information content (AvgIpc) is 3.49. The second-order valence-corrected chi connectivity index (χ2v) is 16.4. The van der Waals surface area contributed by atoms with Crippen LogP contribution in [0.15, 0.2) is 64.9 Å². The van der Waals surface area contributed by atoms with Gasteiger partial charge < -0.3 is 9.64 Å². The van der Waals surface area contributed by atoms with E-state index in [-0.39, 0.29) is 23.5 Å². The molecule has 14 heteroatoms. The molecule has 2 heterocycles. The Kier molecular flexibility index (Phi) is 9.52. The SMILES string of the molecule is CC(C)(C)OC(=O)CN([C@H]1CCN(c2ccc(-c3ccccc3S(C)(=O)=O)cc2F)C1=O)S(=O)(=O)/C=C/c1ccc(Cl)s1. The molecule has 0 spiro atoms. The van der Waals surface area contributed by atoms with Crippen molar-refractivity contribution in [1.82, 2.24) is 4.31 Å². The van der Waals surface area contributed by atoms with Crippen molar-refractivity contribution in [2.45, 2.75) is 43.7 Å². The standard InChI is InChI=1S/C29H30ClFN2O7S3/c1-29(2,3)40-27(34)18-33(43(38,39)16-14-20-10-12-26(30)41-20)24-13-15-32(28(24)35)23-11-9-19(17-22(23)31)21-7-5-6-8-25(21)42(4,36)37/h5-12,14,16-17,24H,13,15,18H2,1-4H3/b16-14+/t24-/m0/s1. The topological polar surface area (TPSA) is 118 Å². The molecular weight excluding hydrogens is 639 g/mol. The lowest BCUT2D eigenvalue weighted by atomic mass is 10.0. The molecule has 0 unspecified atom stereocenters. The first-order valence-electron chi connectivity index (χ1n) is 13.0. The van der Waals surface area contributed by atoms with Gasteiger partial charge in [0.15, 0.2) is 9.84 Å². The number of ether oxygens (including phenoxy) is 1. The van der Waals surface area contributed by atoms with Crippen LogP contribution in [0.2, 0.25) is 4.34 Å². The first-order valence-corrected chi connectivity index (χ1v) is 17.6. The molecule has 3 aromatic rings. The minimum absolute atomic E-state index is 0.0162. The van der Waals surface area contributed by atoms with Crippen molar-refractivity contribution in [3.8, 4) is 11.1 Å². The number of esters is 1. The summed E-state index contributed by atoms with van der Waals surface area (Å²) < 4.78 is 73.5. The second-order valence-electron chi connectivity index (χ2n) is 10.9. The molecular formula is C29H30ClFN2O7S3. The molecule has 1 amide bonds. The highest BCUT2D eigenvalue weighted by Gasteiger charge is 2.43. The van der Waals surface area contributed by atoms with Crippen molar-refractivity contribution in [3.05, 3.63) is 75.0 Å². The number of benzene rings is 2. The van der Waals surface area contributed by atoms with Crippen LogP contribution in [-0.4, -0.2) is 64.0 Å². The lowest BCUT2D eigenvalue weighted by Crippen LogP contribution is -2.48. The second kappa shape index (κ2) is 12.5. The van der Waals surface area contributed by atoms with E-state index in [2.05, 4.69) is 0 Å². The van der Waals surface area contributed by atoms with E-state index in [9.17, 15) is 26.4 Å². The summed E-state index contributed by atoms with van der Waals surface area (Å²) in [6.07, 6.45) is 2.36. The van der Waals surface area contributed by atoms with Gasteiger partial charge in [-0.05, 0) is 69.2 Å². The number of carbonyl (C=O) groups is 2. The highest BCUT2D eigenvalue weighted by Crippen LogP contribution is 2.34. The van der Waals surface area contributed by atoms with Gasteiger partial charge in [0.2, 0.25) is 15.9 Å². The Balaban J connectivity index is 1.65. The van der Waals surface area contributed by atoms with E-state index in [1.807, 2.05) is 0 Å². The molecule has 1 aliphatic rings. The molecule has 1 atom stereocenters. The van der Waals surface area contributed by atoms with E-state index in [0.29, 0.717) is 20.3 Å². The van der Waals surface area contributed by atoms with Crippen molar-refractivity contribution >= 4 is 66.4 Å². The van der Waals surface area contributed by atoms with E-state index < -0.39 is 55.7 Å². The zero-order chi connectivity index (χ0) is 31.7. The largest absolute Gasteiger partial charge is 0.459 e. The summed E-state index contributed by atoms with van der Waals surface area (Å²) in [6, 6.07) is 12.1. The highest BCUT2D eigenvalue weighted by atomic mass is 35.5. The minimum atomic E-state index is -4.34.